The first-order valence-corrected chi connectivity index (χ1v) is 8.00. The summed E-state index contributed by atoms with van der Waals surface area (Å²) in [6.45, 7) is 4.03. The first kappa shape index (κ1) is 16.2. The van der Waals surface area contributed by atoms with Crippen LogP contribution in [0, 0.1) is 23.0 Å². The second kappa shape index (κ2) is 6.32. The van der Waals surface area contributed by atoms with Crippen molar-refractivity contribution < 1.29 is 10.0 Å². The summed E-state index contributed by atoms with van der Waals surface area (Å²) in [7, 11) is 0. The summed E-state index contributed by atoms with van der Waals surface area (Å²) in [4.78, 5) is 10.6. The van der Waals surface area contributed by atoms with E-state index in [0.29, 0.717) is 16.0 Å². The fourth-order valence-electron chi connectivity index (χ4n) is 2.89. The predicted molar refractivity (Wildman–Crippen MR) is 86.6 cm³/mol. The minimum absolute atomic E-state index is 0.0716. The van der Waals surface area contributed by atoms with Gasteiger partial charge in [-0.1, -0.05) is 6.92 Å². The fraction of sp³-hybridized carbons (Fsp3) is 0.600. The zero-order chi connectivity index (χ0) is 15.6. The molecule has 1 saturated carbocycles. The van der Waals surface area contributed by atoms with Gasteiger partial charge in [0, 0.05) is 21.8 Å². The van der Waals surface area contributed by atoms with Crippen LogP contribution in [0.25, 0.3) is 0 Å². The number of halogens is 1. The van der Waals surface area contributed by atoms with Crippen molar-refractivity contribution >= 4 is 27.3 Å². The summed E-state index contributed by atoms with van der Waals surface area (Å²) >= 11 is 3.39. The van der Waals surface area contributed by atoms with Crippen molar-refractivity contribution in [2.24, 2.45) is 5.92 Å². The van der Waals surface area contributed by atoms with Gasteiger partial charge in [0.1, 0.15) is 0 Å². The van der Waals surface area contributed by atoms with Crippen molar-refractivity contribution in [2.45, 2.75) is 45.1 Å². The number of nitro benzene ring substituents is 1. The Bertz CT molecular complexity index is 540. The molecule has 1 aliphatic rings. The van der Waals surface area contributed by atoms with Crippen molar-refractivity contribution in [3.8, 4) is 0 Å². The van der Waals surface area contributed by atoms with Crippen LogP contribution in [0.15, 0.2) is 16.6 Å². The topological polar surface area (TPSA) is 75.4 Å². The highest BCUT2D eigenvalue weighted by Crippen LogP contribution is 2.38. The van der Waals surface area contributed by atoms with Crippen molar-refractivity contribution in [1.82, 2.24) is 0 Å². The van der Waals surface area contributed by atoms with Crippen molar-refractivity contribution in [3.05, 3.63) is 32.3 Å². The van der Waals surface area contributed by atoms with Crippen LogP contribution in [-0.4, -0.2) is 22.2 Å². The average Bonchev–Trinajstić information content (AvgIpc) is 2.45. The van der Waals surface area contributed by atoms with Crippen LogP contribution < -0.4 is 5.32 Å². The summed E-state index contributed by atoms with van der Waals surface area (Å²) in [5.74, 6) is 0.688. The number of nitrogens with one attached hydrogen (secondary N) is 1. The lowest BCUT2D eigenvalue weighted by molar-refractivity contribution is -0.385. The van der Waals surface area contributed by atoms with E-state index < -0.39 is 0 Å². The number of anilines is 1. The Morgan fingerprint density at radius 2 is 2.10 bits per heavy atom. The molecule has 2 N–H and O–H groups in total. The maximum absolute atomic E-state index is 11.0. The first-order chi connectivity index (χ1) is 9.87. The van der Waals surface area contributed by atoms with Crippen LogP contribution in [0.3, 0.4) is 0 Å². The third-order valence-corrected chi connectivity index (χ3v) is 5.07. The SMILES string of the molecule is Cc1cc(NC2(CO)CCC(C)CC2)c(Br)cc1[N+](=O)[O-]. The molecule has 0 aliphatic heterocycles. The predicted octanol–water partition coefficient (Wildman–Crippen LogP) is 4.02. The van der Waals surface area contributed by atoms with Gasteiger partial charge < -0.3 is 10.4 Å². The molecule has 0 aromatic heterocycles. The van der Waals surface area contributed by atoms with E-state index in [1.165, 1.54) is 6.07 Å². The molecule has 0 heterocycles. The summed E-state index contributed by atoms with van der Waals surface area (Å²) in [6, 6.07) is 3.30. The van der Waals surface area contributed by atoms with E-state index in [-0.39, 0.29) is 22.8 Å². The zero-order valence-corrected chi connectivity index (χ0v) is 13.9. The molecule has 21 heavy (non-hydrogen) atoms. The molecule has 116 valence electrons. The number of hydrogen-bond acceptors (Lipinski definition) is 4. The van der Waals surface area contributed by atoms with Crippen LogP contribution >= 0.6 is 15.9 Å². The number of rotatable bonds is 4. The molecule has 0 unspecified atom stereocenters. The maximum atomic E-state index is 11.0. The quantitative estimate of drug-likeness (QED) is 0.630. The molecule has 0 amide bonds. The lowest BCUT2D eigenvalue weighted by Gasteiger charge is -2.39. The summed E-state index contributed by atoms with van der Waals surface area (Å²) < 4.78 is 0.659. The molecule has 2 rings (SSSR count). The van der Waals surface area contributed by atoms with Crippen LogP contribution in [0.2, 0.25) is 0 Å². The molecular formula is C15H21BrN2O3. The van der Waals surface area contributed by atoms with E-state index in [2.05, 4.69) is 28.2 Å². The molecule has 0 saturated heterocycles. The van der Waals surface area contributed by atoms with Crippen LogP contribution in [-0.2, 0) is 0 Å². The molecule has 0 atom stereocenters. The van der Waals surface area contributed by atoms with E-state index in [1.54, 1.807) is 13.0 Å². The van der Waals surface area contributed by atoms with Crippen LogP contribution in [0.5, 0.6) is 0 Å². The van der Waals surface area contributed by atoms with Crippen molar-refractivity contribution in [3.63, 3.8) is 0 Å². The number of aliphatic hydroxyl groups excluding tert-OH is 1. The second-order valence-corrected chi connectivity index (χ2v) is 6.98. The van der Waals surface area contributed by atoms with Gasteiger partial charge in [-0.15, -0.1) is 0 Å². The molecule has 0 spiro atoms. The highest BCUT2D eigenvalue weighted by Gasteiger charge is 2.34. The van der Waals surface area contributed by atoms with E-state index >= 15 is 0 Å². The zero-order valence-electron chi connectivity index (χ0n) is 12.4. The molecule has 1 aromatic rings. The van der Waals surface area contributed by atoms with Gasteiger partial charge in [0.2, 0.25) is 0 Å². The Labute approximate surface area is 133 Å². The van der Waals surface area contributed by atoms with E-state index in [0.717, 1.165) is 31.4 Å². The molecule has 5 nitrogen and oxygen atoms in total. The van der Waals surface area contributed by atoms with Gasteiger partial charge >= 0.3 is 0 Å². The Morgan fingerprint density at radius 1 is 1.48 bits per heavy atom. The average molecular weight is 357 g/mol. The minimum atomic E-state index is -0.381. The molecule has 6 heteroatoms. The molecule has 1 fully saturated rings. The lowest BCUT2D eigenvalue weighted by Crippen LogP contribution is -2.45. The standard InChI is InChI=1S/C15H21BrN2O3/c1-10-3-5-15(9-19,6-4-10)17-13-7-11(2)14(18(20)21)8-12(13)16/h7-8,10,17,19H,3-6,9H2,1-2H3. The van der Waals surface area contributed by atoms with Gasteiger partial charge in [0.05, 0.1) is 17.1 Å². The van der Waals surface area contributed by atoms with Gasteiger partial charge in [-0.25, -0.2) is 0 Å². The minimum Gasteiger partial charge on any atom is -0.394 e. The molecule has 0 bridgehead atoms. The Kier molecular flexibility index (Phi) is 4.88. The summed E-state index contributed by atoms with van der Waals surface area (Å²) in [6.07, 6.45) is 3.98. The Hall–Kier alpha value is -1.14. The fourth-order valence-corrected chi connectivity index (χ4v) is 3.32. The van der Waals surface area contributed by atoms with Crippen molar-refractivity contribution in [2.75, 3.05) is 11.9 Å². The van der Waals surface area contributed by atoms with Crippen LogP contribution in [0.4, 0.5) is 11.4 Å². The number of aryl methyl sites for hydroxylation is 1. The number of aliphatic hydroxyl groups is 1. The highest BCUT2D eigenvalue weighted by atomic mass is 79.9. The highest BCUT2D eigenvalue weighted by molar-refractivity contribution is 9.10. The third kappa shape index (κ3) is 3.55. The summed E-state index contributed by atoms with van der Waals surface area (Å²) in [5, 5.41) is 24.2. The van der Waals surface area contributed by atoms with Gasteiger partial charge in [0.25, 0.3) is 5.69 Å². The normalized spacial score (nSPS) is 25.6. The van der Waals surface area contributed by atoms with Crippen molar-refractivity contribution in [1.29, 1.82) is 0 Å². The Balaban J connectivity index is 2.26. The van der Waals surface area contributed by atoms with Crippen LogP contribution in [0.1, 0.15) is 38.2 Å². The first-order valence-electron chi connectivity index (χ1n) is 7.20. The van der Waals surface area contributed by atoms with Gasteiger partial charge in [-0.2, -0.15) is 0 Å². The number of benzene rings is 1. The largest absolute Gasteiger partial charge is 0.394 e. The smallest absolute Gasteiger partial charge is 0.273 e. The monoisotopic (exact) mass is 356 g/mol. The van der Waals surface area contributed by atoms with E-state index in [4.69, 9.17) is 0 Å². The number of hydrogen-bond donors (Lipinski definition) is 2. The molecular weight excluding hydrogens is 336 g/mol. The lowest BCUT2D eigenvalue weighted by atomic mass is 9.77. The second-order valence-electron chi connectivity index (χ2n) is 6.12. The summed E-state index contributed by atoms with van der Waals surface area (Å²) in [5.41, 5.74) is 1.20. The molecule has 1 aromatic carbocycles. The molecule has 1 aliphatic carbocycles. The Morgan fingerprint density at radius 3 is 2.62 bits per heavy atom. The van der Waals surface area contributed by atoms with Gasteiger partial charge in [-0.05, 0) is 60.5 Å². The van der Waals surface area contributed by atoms with E-state index in [9.17, 15) is 15.2 Å². The van der Waals surface area contributed by atoms with E-state index in [1.807, 2.05) is 0 Å². The maximum Gasteiger partial charge on any atom is 0.273 e. The number of nitro groups is 1. The third-order valence-electron chi connectivity index (χ3n) is 4.42. The number of nitrogens with zero attached hydrogens (tertiary/aromatic N) is 1. The van der Waals surface area contributed by atoms with Gasteiger partial charge in [-0.3, -0.25) is 10.1 Å². The van der Waals surface area contributed by atoms with Gasteiger partial charge in [0.15, 0.2) is 0 Å². The molecule has 0 radical (unpaired) electrons.